The topological polar surface area (TPSA) is 28.2 Å². The van der Waals surface area contributed by atoms with Crippen LogP contribution >= 0.6 is 0 Å². The first-order chi connectivity index (χ1) is 8.33. The summed E-state index contributed by atoms with van der Waals surface area (Å²) in [5.74, 6) is 0. The molecule has 94 valence electrons. The molecule has 1 aliphatic heterocycles. The molecular weight excluding hydrogens is 210 g/mol. The molecule has 17 heavy (non-hydrogen) atoms. The van der Waals surface area contributed by atoms with Crippen LogP contribution in [-0.2, 0) is 6.54 Å². The van der Waals surface area contributed by atoms with Crippen molar-refractivity contribution in [2.45, 2.75) is 45.3 Å². The van der Waals surface area contributed by atoms with Crippen LogP contribution < -0.4 is 5.32 Å². The van der Waals surface area contributed by atoms with E-state index in [-0.39, 0.29) is 0 Å². The maximum Gasteiger partial charge on any atom is 0.0271 e. The summed E-state index contributed by atoms with van der Waals surface area (Å²) in [6.45, 7) is 7.88. The molecule has 2 rings (SSSR count). The van der Waals surface area contributed by atoms with Crippen molar-refractivity contribution >= 4 is 0 Å². The molecule has 1 N–H and O–H groups in total. The Morgan fingerprint density at radius 2 is 2.06 bits per heavy atom. The predicted octanol–water partition coefficient (Wildman–Crippen LogP) is 2.04. The van der Waals surface area contributed by atoms with E-state index in [2.05, 4.69) is 41.2 Å². The molecule has 0 spiro atoms. The number of pyridine rings is 1. The molecule has 0 aliphatic carbocycles. The third kappa shape index (κ3) is 3.27. The number of hydrogen-bond acceptors (Lipinski definition) is 3. The summed E-state index contributed by atoms with van der Waals surface area (Å²) < 4.78 is 0. The van der Waals surface area contributed by atoms with E-state index in [1.165, 1.54) is 18.4 Å². The van der Waals surface area contributed by atoms with Gasteiger partial charge in [-0.25, -0.2) is 0 Å². The average molecular weight is 233 g/mol. The molecule has 0 radical (unpaired) electrons. The van der Waals surface area contributed by atoms with Gasteiger partial charge in [-0.1, -0.05) is 13.8 Å². The lowest BCUT2D eigenvalue weighted by Gasteiger charge is -2.40. The summed E-state index contributed by atoms with van der Waals surface area (Å²) in [6.07, 6.45) is 6.20. The fourth-order valence-electron chi connectivity index (χ4n) is 2.52. The van der Waals surface area contributed by atoms with Crippen LogP contribution in [0.5, 0.6) is 0 Å². The normalized spacial score (nSPS) is 26.0. The van der Waals surface area contributed by atoms with Crippen LogP contribution in [-0.4, -0.2) is 35.1 Å². The zero-order valence-corrected chi connectivity index (χ0v) is 10.9. The molecule has 1 aromatic heterocycles. The van der Waals surface area contributed by atoms with Gasteiger partial charge in [-0.05, 0) is 30.5 Å². The molecule has 2 atom stereocenters. The molecule has 3 nitrogen and oxygen atoms in total. The van der Waals surface area contributed by atoms with E-state index in [0.717, 1.165) is 19.6 Å². The van der Waals surface area contributed by atoms with E-state index in [4.69, 9.17) is 0 Å². The van der Waals surface area contributed by atoms with Crippen molar-refractivity contribution in [3.05, 3.63) is 30.1 Å². The van der Waals surface area contributed by atoms with Crippen molar-refractivity contribution in [2.24, 2.45) is 0 Å². The van der Waals surface area contributed by atoms with Crippen molar-refractivity contribution in [1.82, 2.24) is 15.2 Å². The molecule has 0 aromatic carbocycles. The molecule has 3 heteroatoms. The number of aromatic nitrogens is 1. The fourth-order valence-corrected chi connectivity index (χ4v) is 2.52. The second-order valence-corrected chi connectivity index (χ2v) is 4.86. The van der Waals surface area contributed by atoms with Crippen molar-refractivity contribution in [2.75, 3.05) is 13.1 Å². The van der Waals surface area contributed by atoms with E-state index in [9.17, 15) is 0 Å². The Kier molecular flexibility index (Phi) is 4.51. The van der Waals surface area contributed by atoms with Crippen LogP contribution in [0.25, 0.3) is 0 Å². The van der Waals surface area contributed by atoms with E-state index in [1.54, 1.807) is 0 Å². The predicted molar refractivity (Wildman–Crippen MR) is 70.8 cm³/mol. The van der Waals surface area contributed by atoms with Crippen LogP contribution in [0.2, 0.25) is 0 Å². The lowest BCUT2D eigenvalue weighted by molar-refractivity contribution is 0.117. The van der Waals surface area contributed by atoms with E-state index in [1.807, 2.05) is 12.4 Å². The number of hydrogen-bond donors (Lipinski definition) is 1. The molecule has 1 fully saturated rings. The molecule has 1 aromatic rings. The Balaban J connectivity index is 2.00. The summed E-state index contributed by atoms with van der Waals surface area (Å²) in [6, 6.07) is 5.57. The largest absolute Gasteiger partial charge is 0.311 e. The van der Waals surface area contributed by atoms with Crippen LogP contribution in [0, 0.1) is 0 Å². The van der Waals surface area contributed by atoms with Gasteiger partial charge in [0.05, 0.1) is 0 Å². The average Bonchev–Trinajstić information content (AvgIpc) is 2.40. The first-order valence-electron chi connectivity index (χ1n) is 6.69. The van der Waals surface area contributed by atoms with Crippen LogP contribution in [0.3, 0.4) is 0 Å². The van der Waals surface area contributed by atoms with Gasteiger partial charge in [0.15, 0.2) is 0 Å². The van der Waals surface area contributed by atoms with Gasteiger partial charge in [-0.15, -0.1) is 0 Å². The molecular formula is C14H23N3. The minimum Gasteiger partial charge on any atom is -0.311 e. The summed E-state index contributed by atoms with van der Waals surface area (Å²) in [7, 11) is 0. The lowest BCUT2D eigenvalue weighted by atomic mass is 10.0. The Labute approximate surface area is 104 Å². The summed E-state index contributed by atoms with van der Waals surface area (Å²) in [4.78, 5) is 6.69. The number of nitrogens with one attached hydrogen (secondary N) is 1. The highest BCUT2D eigenvalue weighted by atomic mass is 15.2. The zero-order chi connectivity index (χ0) is 12.1. The molecule has 0 saturated carbocycles. The molecule has 1 saturated heterocycles. The highest BCUT2D eigenvalue weighted by molar-refractivity contribution is 5.10. The van der Waals surface area contributed by atoms with E-state index in [0.29, 0.717) is 12.1 Å². The molecule has 0 bridgehead atoms. The van der Waals surface area contributed by atoms with Crippen LogP contribution in [0.4, 0.5) is 0 Å². The first kappa shape index (κ1) is 12.5. The van der Waals surface area contributed by atoms with Gasteiger partial charge in [0.1, 0.15) is 0 Å². The van der Waals surface area contributed by atoms with Crippen molar-refractivity contribution in [3.8, 4) is 0 Å². The third-order valence-corrected chi connectivity index (χ3v) is 3.71. The standard InChI is InChI=1S/C14H23N3/c1-3-13-11-17(14(4-2)9-16-13)10-12-5-7-15-8-6-12/h5-8,13-14,16H,3-4,9-11H2,1-2H3. The first-order valence-corrected chi connectivity index (χ1v) is 6.69. The van der Waals surface area contributed by atoms with Gasteiger partial charge < -0.3 is 5.32 Å². The van der Waals surface area contributed by atoms with Crippen molar-refractivity contribution in [3.63, 3.8) is 0 Å². The Morgan fingerprint density at radius 1 is 1.29 bits per heavy atom. The smallest absolute Gasteiger partial charge is 0.0271 e. The second-order valence-electron chi connectivity index (χ2n) is 4.86. The summed E-state index contributed by atoms with van der Waals surface area (Å²) >= 11 is 0. The van der Waals surface area contributed by atoms with Gasteiger partial charge >= 0.3 is 0 Å². The highest BCUT2D eigenvalue weighted by Gasteiger charge is 2.25. The number of piperazine rings is 1. The maximum atomic E-state index is 4.08. The van der Waals surface area contributed by atoms with Crippen molar-refractivity contribution < 1.29 is 0 Å². The van der Waals surface area contributed by atoms with Gasteiger partial charge in [-0.3, -0.25) is 9.88 Å². The molecule has 0 amide bonds. The maximum absolute atomic E-state index is 4.08. The Hall–Kier alpha value is -0.930. The summed E-state index contributed by atoms with van der Waals surface area (Å²) in [5.41, 5.74) is 1.37. The monoisotopic (exact) mass is 233 g/mol. The van der Waals surface area contributed by atoms with Gasteiger partial charge in [0, 0.05) is 44.1 Å². The Morgan fingerprint density at radius 3 is 2.71 bits per heavy atom. The third-order valence-electron chi connectivity index (χ3n) is 3.71. The quantitative estimate of drug-likeness (QED) is 0.862. The second kappa shape index (κ2) is 6.12. The van der Waals surface area contributed by atoms with Crippen molar-refractivity contribution in [1.29, 1.82) is 0 Å². The lowest BCUT2D eigenvalue weighted by Crippen LogP contribution is -2.55. The van der Waals surface area contributed by atoms with Crippen LogP contribution in [0.15, 0.2) is 24.5 Å². The van der Waals surface area contributed by atoms with Gasteiger partial charge in [0.25, 0.3) is 0 Å². The zero-order valence-electron chi connectivity index (χ0n) is 10.9. The van der Waals surface area contributed by atoms with Gasteiger partial charge in [0.2, 0.25) is 0 Å². The highest BCUT2D eigenvalue weighted by Crippen LogP contribution is 2.15. The van der Waals surface area contributed by atoms with Crippen LogP contribution in [0.1, 0.15) is 32.3 Å². The molecule has 2 unspecified atom stereocenters. The van der Waals surface area contributed by atoms with E-state index >= 15 is 0 Å². The number of rotatable bonds is 4. The minimum atomic E-state index is 0.652. The number of nitrogens with zero attached hydrogens (tertiary/aromatic N) is 2. The molecule has 1 aliphatic rings. The van der Waals surface area contributed by atoms with Gasteiger partial charge in [-0.2, -0.15) is 0 Å². The fraction of sp³-hybridized carbons (Fsp3) is 0.643. The summed E-state index contributed by atoms with van der Waals surface area (Å²) in [5, 5.41) is 3.63. The SMILES string of the molecule is CCC1CN(Cc2ccncc2)C(CC)CN1. The van der Waals surface area contributed by atoms with E-state index < -0.39 is 0 Å². The Bertz CT molecular complexity index is 325. The minimum absolute atomic E-state index is 0.652. The molecule has 2 heterocycles.